The number of hydrogen-bond acceptors (Lipinski definition) is 5. The van der Waals surface area contributed by atoms with E-state index in [1.165, 1.54) is 5.56 Å². The zero-order chi connectivity index (χ0) is 18.3. The van der Waals surface area contributed by atoms with Gasteiger partial charge in [0.1, 0.15) is 6.61 Å². The Balaban J connectivity index is 1.51. The molecule has 0 saturated heterocycles. The van der Waals surface area contributed by atoms with Gasteiger partial charge < -0.3 is 10.1 Å². The maximum absolute atomic E-state index is 5.96. The van der Waals surface area contributed by atoms with Gasteiger partial charge in [0.25, 0.3) is 0 Å². The van der Waals surface area contributed by atoms with Gasteiger partial charge in [-0.05, 0) is 36.2 Å². The third-order valence-corrected chi connectivity index (χ3v) is 4.19. The zero-order valence-corrected chi connectivity index (χ0v) is 14.9. The Kier molecular flexibility index (Phi) is 5.20. The summed E-state index contributed by atoms with van der Waals surface area (Å²) >= 11 is 0. The lowest BCUT2D eigenvalue weighted by Crippen LogP contribution is -2.09. The lowest BCUT2D eigenvalue weighted by Gasteiger charge is -2.11. The summed E-state index contributed by atoms with van der Waals surface area (Å²) in [5.41, 5.74) is 2.99. The fourth-order valence-corrected chi connectivity index (χ4v) is 2.83. The van der Waals surface area contributed by atoms with Crippen molar-refractivity contribution in [1.82, 2.24) is 15.0 Å². The van der Waals surface area contributed by atoms with Crippen molar-refractivity contribution in [3.8, 4) is 5.88 Å². The molecule has 0 aliphatic carbocycles. The Hall–Kier alpha value is -3.47. The first kappa shape index (κ1) is 17.0. The van der Waals surface area contributed by atoms with Crippen LogP contribution in [-0.4, -0.2) is 21.5 Å². The van der Waals surface area contributed by atoms with E-state index in [2.05, 4.69) is 32.4 Å². The highest BCUT2D eigenvalue weighted by molar-refractivity contribution is 5.84. The molecule has 0 aliphatic heterocycles. The zero-order valence-electron chi connectivity index (χ0n) is 14.9. The summed E-state index contributed by atoms with van der Waals surface area (Å²) in [7, 11) is 0. The van der Waals surface area contributed by atoms with Crippen LogP contribution >= 0.6 is 0 Å². The molecule has 0 saturated carbocycles. The number of ether oxygens (including phenoxy) is 1. The molecule has 0 radical (unpaired) electrons. The molecule has 2 aromatic heterocycles. The SMILES string of the molecule is c1ccc(CCNc2nc(OCc3ccccn3)c3ccccc3n2)cc1. The van der Waals surface area contributed by atoms with Gasteiger partial charge in [-0.3, -0.25) is 4.98 Å². The molecular formula is C22H20N4O. The number of benzene rings is 2. The first-order chi connectivity index (χ1) is 13.4. The Morgan fingerprint density at radius 3 is 2.48 bits per heavy atom. The van der Waals surface area contributed by atoms with Crippen molar-refractivity contribution in [2.24, 2.45) is 0 Å². The molecule has 27 heavy (non-hydrogen) atoms. The minimum atomic E-state index is 0.366. The Bertz CT molecular complexity index is 1010. The Morgan fingerprint density at radius 1 is 0.815 bits per heavy atom. The van der Waals surface area contributed by atoms with Crippen molar-refractivity contribution in [3.63, 3.8) is 0 Å². The molecule has 4 rings (SSSR count). The van der Waals surface area contributed by atoms with E-state index in [-0.39, 0.29) is 0 Å². The normalized spacial score (nSPS) is 10.7. The summed E-state index contributed by atoms with van der Waals surface area (Å²) in [4.78, 5) is 13.5. The van der Waals surface area contributed by atoms with Crippen molar-refractivity contribution in [1.29, 1.82) is 0 Å². The third kappa shape index (κ3) is 4.39. The average Bonchev–Trinajstić information content (AvgIpc) is 2.73. The van der Waals surface area contributed by atoms with Crippen LogP contribution in [-0.2, 0) is 13.0 Å². The van der Waals surface area contributed by atoms with E-state index in [0.717, 1.165) is 29.6 Å². The summed E-state index contributed by atoms with van der Waals surface area (Å²) < 4.78 is 5.96. The van der Waals surface area contributed by atoms with Gasteiger partial charge >= 0.3 is 0 Å². The number of hydrogen-bond donors (Lipinski definition) is 1. The first-order valence-corrected chi connectivity index (χ1v) is 8.96. The predicted molar refractivity (Wildman–Crippen MR) is 107 cm³/mol. The summed E-state index contributed by atoms with van der Waals surface area (Å²) in [6.07, 6.45) is 2.66. The summed E-state index contributed by atoms with van der Waals surface area (Å²) in [5.74, 6) is 1.13. The number of para-hydroxylation sites is 1. The number of nitrogens with one attached hydrogen (secondary N) is 1. The third-order valence-electron chi connectivity index (χ3n) is 4.19. The van der Waals surface area contributed by atoms with Crippen molar-refractivity contribution < 1.29 is 4.74 Å². The number of anilines is 1. The van der Waals surface area contributed by atoms with E-state index in [9.17, 15) is 0 Å². The van der Waals surface area contributed by atoms with E-state index in [4.69, 9.17) is 4.74 Å². The second-order valence-corrected chi connectivity index (χ2v) is 6.14. The smallest absolute Gasteiger partial charge is 0.226 e. The molecule has 4 aromatic rings. The van der Waals surface area contributed by atoms with E-state index >= 15 is 0 Å². The lowest BCUT2D eigenvalue weighted by atomic mass is 10.1. The fourth-order valence-electron chi connectivity index (χ4n) is 2.83. The molecule has 0 atom stereocenters. The van der Waals surface area contributed by atoms with Crippen LogP contribution in [0.4, 0.5) is 5.95 Å². The monoisotopic (exact) mass is 356 g/mol. The highest BCUT2D eigenvalue weighted by Crippen LogP contribution is 2.24. The van der Waals surface area contributed by atoms with Crippen molar-refractivity contribution in [2.45, 2.75) is 13.0 Å². The van der Waals surface area contributed by atoms with Gasteiger partial charge in [0.05, 0.1) is 16.6 Å². The van der Waals surface area contributed by atoms with Crippen LogP contribution in [0.25, 0.3) is 10.9 Å². The first-order valence-electron chi connectivity index (χ1n) is 8.96. The molecule has 2 heterocycles. The summed E-state index contributed by atoms with van der Waals surface area (Å²) in [5, 5.41) is 4.20. The largest absolute Gasteiger partial charge is 0.471 e. The van der Waals surface area contributed by atoms with Crippen LogP contribution < -0.4 is 10.1 Å². The minimum Gasteiger partial charge on any atom is -0.471 e. The van der Waals surface area contributed by atoms with Crippen LogP contribution in [0.15, 0.2) is 79.0 Å². The number of aromatic nitrogens is 3. The molecule has 0 unspecified atom stereocenters. The molecule has 2 aromatic carbocycles. The van der Waals surface area contributed by atoms with E-state index in [1.54, 1.807) is 6.20 Å². The standard InChI is InChI=1S/C22H20N4O/c1-2-8-17(9-3-1)13-15-24-22-25-20-12-5-4-11-19(20)21(26-22)27-16-18-10-6-7-14-23-18/h1-12,14H,13,15-16H2,(H,24,25,26). The number of nitrogens with zero attached hydrogens (tertiary/aromatic N) is 3. The molecule has 0 aliphatic rings. The van der Waals surface area contributed by atoms with Gasteiger partial charge in [-0.25, -0.2) is 4.98 Å². The number of fused-ring (bicyclic) bond motifs is 1. The quantitative estimate of drug-likeness (QED) is 0.536. The molecule has 0 spiro atoms. The summed E-state index contributed by atoms with van der Waals surface area (Å²) in [6, 6.07) is 24.0. The molecular weight excluding hydrogens is 336 g/mol. The molecule has 5 heteroatoms. The molecule has 1 N–H and O–H groups in total. The van der Waals surface area contributed by atoms with Gasteiger partial charge in [0.15, 0.2) is 0 Å². The topological polar surface area (TPSA) is 59.9 Å². The Labute approximate surface area is 158 Å². The van der Waals surface area contributed by atoms with E-state index in [0.29, 0.717) is 18.4 Å². The molecule has 134 valence electrons. The molecule has 0 amide bonds. The highest BCUT2D eigenvalue weighted by atomic mass is 16.5. The Morgan fingerprint density at radius 2 is 1.63 bits per heavy atom. The summed E-state index contributed by atoms with van der Waals surface area (Å²) in [6.45, 7) is 1.12. The fraction of sp³-hybridized carbons (Fsp3) is 0.136. The maximum Gasteiger partial charge on any atom is 0.226 e. The van der Waals surface area contributed by atoms with Gasteiger partial charge in [-0.2, -0.15) is 4.98 Å². The predicted octanol–water partition coefficient (Wildman–Crippen LogP) is 4.26. The van der Waals surface area contributed by atoms with Crippen molar-refractivity contribution >= 4 is 16.9 Å². The lowest BCUT2D eigenvalue weighted by molar-refractivity contribution is 0.293. The second-order valence-electron chi connectivity index (χ2n) is 6.14. The van der Waals surface area contributed by atoms with Crippen LogP contribution in [0, 0.1) is 0 Å². The van der Waals surface area contributed by atoms with Crippen LogP contribution in [0.3, 0.4) is 0 Å². The number of rotatable bonds is 7. The van der Waals surface area contributed by atoms with Crippen molar-refractivity contribution in [3.05, 3.63) is 90.3 Å². The maximum atomic E-state index is 5.96. The molecule has 0 bridgehead atoms. The van der Waals surface area contributed by atoms with Gasteiger partial charge in [-0.1, -0.05) is 48.5 Å². The average molecular weight is 356 g/mol. The van der Waals surface area contributed by atoms with Gasteiger partial charge in [-0.15, -0.1) is 0 Å². The molecule has 0 fully saturated rings. The van der Waals surface area contributed by atoms with Crippen LogP contribution in [0.5, 0.6) is 5.88 Å². The van der Waals surface area contributed by atoms with Crippen LogP contribution in [0.2, 0.25) is 0 Å². The van der Waals surface area contributed by atoms with E-state index < -0.39 is 0 Å². The van der Waals surface area contributed by atoms with Gasteiger partial charge in [0, 0.05) is 12.7 Å². The highest BCUT2D eigenvalue weighted by Gasteiger charge is 2.09. The van der Waals surface area contributed by atoms with E-state index in [1.807, 2.05) is 60.7 Å². The van der Waals surface area contributed by atoms with Gasteiger partial charge in [0.2, 0.25) is 11.8 Å². The second kappa shape index (κ2) is 8.27. The number of pyridine rings is 1. The minimum absolute atomic E-state index is 0.366. The molecule has 5 nitrogen and oxygen atoms in total. The van der Waals surface area contributed by atoms with Crippen molar-refractivity contribution in [2.75, 3.05) is 11.9 Å². The van der Waals surface area contributed by atoms with Crippen LogP contribution in [0.1, 0.15) is 11.3 Å².